The number of piperidine rings is 1. The van der Waals surface area contributed by atoms with Crippen LogP contribution in [0.4, 0.5) is 0 Å². The van der Waals surface area contributed by atoms with Crippen molar-refractivity contribution in [3.63, 3.8) is 0 Å². The van der Waals surface area contributed by atoms with Crippen LogP contribution >= 0.6 is 9.24 Å². The molecule has 30 heavy (non-hydrogen) atoms. The minimum atomic E-state index is -0.448. The number of hydrogen-bond acceptors (Lipinski definition) is 3. The molecular weight excluding hydrogens is 387 g/mol. The lowest BCUT2D eigenvalue weighted by Gasteiger charge is -2.39. The van der Waals surface area contributed by atoms with Gasteiger partial charge in [0, 0.05) is 32.7 Å². The van der Waals surface area contributed by atoms with E-state index in [2.05, 4.69) is 73.6 Å². The lowest BCUT2D eigenvalue weighted by Crippen LogP contribution is -2.46. The number of hydrogen-bond donors (Lipinski definition) is 1. The molecule has 2 saturated heterocycles. The van der Waals surface area contributed by atoms with Gasteiger partial charge in [0.1, 0.15) is 0 Å². The molecule has 2 aliphatic heterocycles. The molecule has 4 heteroatoms. The fraction of sp³-hybridized carbons (Fsp3) is 0.538. The van der Waals surface area contributed by atoms with Gasteiger partial charge in [-0.1, -0.05) is 54.6 Å². The summed E-state index contributed by atoms with van der Waals surface area (Å²) < 4.78 is 0. The molecule has 0 aromatic heterocycles. The molecule has 2 aromatic rings. The van der Waals surface area contributed by atoms with Crippen LogP contribution in [0.15, 0.2) is 54.6 Å². The lowest BCUT2D eigenvalue weighted by atomic mass is 9.85. The summed E-state index contributed by atoms with van der Waals surface area (Å²) in [4.78, 5) is 5.20. The predicted octanol–water partition coefficient (Wildman–Crippen LogP) is 3.86. The van der Waals surface area contributed by atoms with Gasteiger partial charge in [-0.15, -0.1) is 9.24 Å². The van der Waals surface area contributed by atoms with E-state index in [0.29, 0.717) is 0 Å². The first-order chi connectivity index (χ1) is 14.6. The normalized spacial score (nSPS) is 22.4. The molecule has 2 fully saturated rings. The monoisotopic (exact) mass is 424 g/mol. The Balaban J connectivity index is 1.15. The van der Waals surface area contributed by atoms with Gasteiger partial charge in [-0.3, -0.25) is 4.90 Å². The maximum absolute atomic E-state index is 11.0. The summed E-state index contributed by atoms with van der Waals surface area (Å²) in [7, 11) is 2.76. The zero-order valence-electron chi connectivity index (χ0n) is 18.2. The summed E-state index contributed by atoms with van der Waals surface area (Å²) in [5.74, 6) is 0.773. The van der Waals surface area contributed by atoms with Crippen LogP contribution in [0.1, 0.15) is 43.2 Å². The Labute approximate surface area is 184 Å². The van der Waals surface area contributed by atoms with E-state index in [0.717, 1.165) is 57.7 Å². The quantitative estimate of drug-likeness (QED) is 0.652. The van der Waals surface area contributed by atoms with Gasteiger partial charge < -0.3 is 10.0 Å². The van der Waals surface area contributed by atoms with E-state index in [4.69, 9.17) is 0 Å². The van der Waals surface area contributed by atoms with E-state index < -0.39 is 5.60 Å². The van der Waals surface area contributed by atoms with Crippen molar-refractivity contribution in [3.8, 4) is 0 Å². The van der Waals surface area contributed by atoms with Crippen LogP contribution in [-0.2, 0) is 13.0 Å². The summed E-state index contributed by atoms with van der Waals surface area (Å²) in [6.45, 7) is 6.79. The largest absolute Gasteiger partial charge is 0.390 e. The van der Waals surface area contributed by atoms with Crippen molar-refractivity contribution in [2.24, 2.45) is 5.92 Å². The standard InChI is InChI=1S/C26H37N2OP/c29-26(13-4-7-22-5-2-1-3-6-22)14-17-27(18-15-26)20-24-12-16-28(21-24)19-23-8-10-25(30)11-9-23/h1-3,5-6,8-11,24,29H,4,7,12-21,30H2/t24-/m1/s1. The average molecular weight is 425 g/mol. The highest BCUT2D eigenvalue weighted by molar-refractivity contribution is 7.27. The van der Waals surface area contributed by atoms with Crippen LogP contribution in [-0.4, -0.2) is 53.2 Å². The van der Waals surface area contributed by atoms with E-state index in [1.165, 1.54) is 42.5 Å². The Hall–Kier alpha value is -1.25. The number of aryl methyl sites for hydroxylation is 1. The van der Waals surface area contributed by atoms with Gasteiger partial charge >= 0.3 is 0 Å². The molecule has 162 valence electrons. The van der Waals surface area contributed by atoms with Crippen LogP contribution in [0.2, 0.25) is 0 Å². The van der Waals surface area contributed by atoms with Gasteiger partial charge in [0.05, 0.1) is 5.60 Å². The van der Waals surface area contributed by atoms with E-state index in [1.807, 2.05) is 0 Å². The number of aliphatic hydroxyl groups is 1. The number of likely N-dealkylation sites (tertiary alicyclic amines) is 2. The van der Waals surface area contributed by atoms with Crippen molar-refractivity contribution >= 4 is 14.5 Å². The second kappa shape index (κ2) is 10.4. The number of rotatable bonds is 8. The fourth-order valence-corrected chi connectivity index (χ4v) is 5.31. The highest BCUT2D eigenvalue weighted by atomic mass is 31.0. The Kier molecular flexibility index (Phi) is 7.59. The Morgan fingerprint density at radius 2 is 1.63 bits per heavy atom. The van der Waals surface area contributed by atoms with E-state index in [-0.39, 0.29) is 0 Å². The summed E-state index contributed by atoms with van der Waals surface area (Å²) in [5.41, 5.74) is 2.35. The molecule has 0 bridgehead atoms. The molecule has 4 rings (SSSR count). The van der Waals surface area contributed by atoms with Gasteiger partial charge in [0.15, 0.2) is 0 Å². The Bertz CT molecular complexity index is 771. The molecule has 0 saturated carbocycles. The van der Waals surface area contributed by atoms with Crippen molar-refractivity contribution in [3.05, 3.63) is 65.7 Å². The second-order valence-electron chi connectivity index (χ2n) is 9.50. The molecule has 2 aliphatic rings. The van der Waals surface area contributed by atoms with E-state index in [9.17, 15) is 5.11 Å². The highest BCUT2D eigenvalue weighted by Gasteiger charge is 2.33. The van der Waals surface area contributed by atoms with Gasteiger partial charge in [-0.05, 0) is 67.4 Å². The molecule has 3 nitrogen and oxygen atoms in total. The minimum absolute atomic E-state index is 0.448. The molecule has 0 aliphatic carbocycles. The smallest absolute Gasteiger partial charge is 0.0672 e. The maximum Gasteiger partial charge on any atom is 0.0672 e. The zero-order valence-corrected chi connectivity index (χ0v) is 19.3. The van der Waals surface area contributed by atoms with Crippen LogP contribution < -0.4 is 5.30 Å². The molecule has 2 atom stereocenters. The predicted molar refractivity (Wildman–Crippen MR) is 129 cm³/mol. The first-order valence-corrected chi connectivity index (χ1v) is 12.2. The molecule has 0 spiro atoms. The van der Waals surface area contributed by atoms with E-state index in [1.54, 1.807) is 0 Å². The van der Waals surface area contributed by atoms with Crippen LogP contribution in [0.25, 0.3) is 0 Å². The molecule has 1 unspecified atom stereocenters. The Morgan fingerprint density at radius 3 is 2.37 bits per heavy atom. The van der Waals surface area contributed by atoms with Gasteiger partial charge in [0.2, 0.25) is 0 Å². The first kappa shape index (κ1) is 22.0. The minimum Gasteiger partial charge on any atom is -0.390 e. The molecule has 2 heterocycles. The van der Waals surface area contributed by atoms with Crippen LogP contribution in [0.3, 0.4) is 0 Å². The molecule has 1 N–H and O–H groups in total. The van der Waals surface area contributed by atoms with Crippen molar-refractivity contribution in [1.29, 1.82) is 0 Å². The summed E-state index contributed by atoms with van der Waals surface area (Å²) in [5, 5.41) is 12.3. The first-order valence-electron chi connectivity index (χ1n) is 11.6. The van der Waals surface area contributed by atoms with Crippen LogP contribution in [0, 0.1) is 5.92 Å². The van der Waals surface area contributed by atoms with Gasteiger partial charge in [0.25, 0.3) is 0 Å². The summed E-state index contributed by atoms with van der Waals surface area (Å²) in [6, 6.07) is 19.5. The fourth-order valence-electron chi connectivity index (χ4n) is 5.12. The molecular formula is C26H37N2OP. The van der Waals surface area contributed by atoms with Crippen molar-refractivity contribution in [2.45, 2.75) is 50.7 Å². The third-order valence-electron chi connectivity index (χ3n) is 7.01. The Morgan fingerprint density at radius 1 is 0.900 bits per heavy atom. The highest BCUT2D eigenvalue weighted by Crippen LogP contribution is 2.29. The van der Waals surface area contributed by atoms with Crippen LogP contribution in [0.5, 0.6) is 0 Å². The lowest BCUT2D eigenvalue weighted by molar-refractivity contribution is -0.0313. The third kappa shape index (κ3) is 6.37. The van der Waals surface area contributed by atoms with Crippen molar-refractivity contribution in [2.75, 3.05) is 32.7 Å². The number of benzene rings is 2. The summed E-state index contributed by atoms with van der Waals surface area (Å²) >= 11 is 0. The zero-order chi connectivity index (χ0) is 20.8. The number of nitrogens with zero attached hydrogens (tertiary/aromatic N) is 2. The van der Waals surface area contributed by atoms with E-state index >= 15 is 0 Å². The molecule has 0 amide bonds. The third-order valence-corrected chi connectivity index (χ3v) is 7.39. The topological polar surface area (TPSA) is 26.7 Å². The second-order valence-corrected chi connectivity index (χ2v) is 10.2. The SMILES string of the molecule is OC1(CCCc2ccccc2)CCN(C[C@H]2CCN(Cc3ccc(P)cc3)C2)CC1. The van der Waals surface area contributed by atoms with Gasteiger partial charge in [-0.2, -0.15) is 0 Å². The van der Waals surface area contributed by atoms with Crippen molar-refractivity contribution in [1.82, 2.24) is 9.80 Å². The van der Waals surface area contributed by atoms with Gasteiger partial charge in [-0.25, -0.2) is 0 Å². The average Bonchev–Trinajstić information content (AvgIpc) is 3.19. The van der Waals surface area contributed by atoms with Crippen molar-refractivity contribution < 1.29 is 5.11 Å². The molecule has 2 aromatic carbocycles. The summed E-state index contributed by atoms with van der Waals surface area (Å²) in [6.07, 6.45) is 6.25. The maximum atomic E-state index is 11.0. The molecule has 0 radical (unpaired) electrons.